The highest BCUT2D eigenvalue weighted by molar-refractivity contribution is 7.99. The molecule has 2 aliphatic carbocycles. The van der Waals surface area contributed by atoms with Gasteiger partial charge in [0, 0.05) is 17.0 Å². The molecule has 0 aromatic rings. The largest absolute Gasteiger partial charge is 0.480 e. The summed E-state index contributed by atoms with van der Waals surface area (Å²) in [6.45, 7) is 2.31. The molecule has 2 N–H and O–H groups in total. The molecule has 0 aromatic heterocycles. The Labute approximate surface area is 108 Å². The lowest BCUT2D eigenvalue weighted by molar-refractivity contribution is -0.138. The highest BCUT2D eigenvalue weighted by Crippen LogP contribution is 2.32. The molecule has 2 fully saturated rings. The Morgan fingerprint density at radius 3 is 2.76 bits per heavy atom. The van der Waals surface area contributed by atoms with Crippen molar-refractivity contribution in [2.75, 3.05) is 5.75 Å². The molecule has 0 spiro atoms. The average Bonchev–Trinajstić information content (AvgIpc) is 3.07. The van der Waals surface area contributed by atoms with E-state index in [1.54, 1.807) is 0 Å². The van der Waals surface area contributed by atoms with Crippen LogP contribution in [0.4, 0.5) is 0 Å². The average molecular weight is 257 g/mol. The molecule has 2 aliphatic rings. The van der Waals surface area contributed by atoms with E-state index in [1.807, 2.05) is 11.8 Å². The zero-order chi connectivity index (χ0) is 12.3. The molecule has 2 rings (SSSR count). The summed E-state index contributed by atoms with van der Waals surface area (Å²) in [7, 11) is 0. The van der Waals surface area contributed by atoms with Crippen LogP contribution in [0.15, 0.2) is 0 Å². The predicted octanol–water partition coefficient (Wildman–Crippen LogP) is 2.50. The first kappa shape index (κ1) is 13.2. The van der Waals surface area contributed by atoms with Gasteiger partial charge in [-0.05, 0) is 31.6 Å². The van der Waals surface area contributed by atoms with Crippen LogP contribution in [-0.4, -0.2) is 34.2 Å². The smallest absolute Gasteiger partial charge is 0.321 e. The number of aliphatic carboxylic acids is 1. The fourth-order valence-electron chi connectivity index (χ4n) is 2.49. The van der Waals surface area contributed by atoms with Crippen LogP contribution < -0.4 is 5.32 Å². The van der Waals surface area contributed by atoms with E-state index in [0.717, 1.165) is 24.5 Å². The van der Waals surface area contributed by atoms with Gasteiger partial charge in [-0.1, -0.05) is 19.8 Å². The first-order valence-corrected chi connectivity index (χ1v) is 7.80. The Hall–Kier alpha value is -0.220. The lowest BCUT2D eigenvalue weighted by Crippen LogP contribution is -2.40. The number of carboxylic acid groups (broad SMARTS) is 1. The number of rotatable bonds is 6. The van der Waals surface area contributed by atoms with Gasteiger partial charge in [0.05, 0.1) is 0 Å². The van der Waals surface area contributed by atoms with Crippen LogP contribution in [0.3, 0.4) is 0 Å². The van der Waals surface area contributed by atoms with Gasteiger partial charge in [-0.3, -0.25) is 4.79 Å². The lowest BCUT2D eigenvalue weighted by Gasteiger charge is -2.27. The van der Waals surface area contributed by atoms with E-state index in [1.165, 1.54) is 25.7 Å². The van der Waals surface area contributed by atoms with Crippen LogP contribution in [0.5, 0.6) is 0 Å². The molecule has 0 radical (unpaired) electrons. The van der Waals surface area contributed by atoms with Crippen molar-refractivity contribution >= 4 is 17.7 Å². The molecule has 2 saturated carbocycles. The number of thioether (sulfide) groups is 1. The maximum absolute atomic E-state index is 11.1. The Morgan fingerprint density at radius 2 is 2.18 bits per heavy atom. The van der Waals surface area contributed by atoms with E-state index < -0.39 is 5.97 Å². The van der Waals surface area contributed by atoms with Gasteiger partial charge < -0.3 is 10.4 Å². The zero-order valence-electron chi connectivity index (χ0n) is 10.5. The Balaban J connectivity index is 1.71. The summed E-state index contributed by atoms with van der Waals surface area (Å²) < 4.78 is 0. The highest BCUT2D eigenvalue weighted by Gasteiger charge is 2.29. The number of hydrogen-bond acceptors (Lipinski definition) is 3. The molecule has 0 amide bonds. The maximum atomic E-state index is 11.1. The molecular weight excluding hydrogens is 234 g/mol. The van der Waals surface area contributed by atoms with E-state index >= 15 is 0 Å². The van der Waals surface area contributed by atoms with E-state index in [2.05, 4.69) is 12.2 Å². The van der Waals surface area contributed by atoms with Crippen LogP contribution in [0.1, 0.15) is 45.4 Å². The highest BCUT2D eigenvalue weighted by atomic mass is 32.2. The Kier molecular flexibility index (Phi) is 4.74. The summed E-state index contributed by atoms with van der Waals surface area (Å²) in [5.74, 6) is 0.859. The fourth-order valence-corrected chi connectivity index (χ4v) is 3.99. The molecule has 0 bridgehead atoms. The lowest BCUT2D eigenvalue weighted by atomic mass is 9.91. The van der Waals surface area contributed by atoms with Gasteiger partial charge in [-0.25, -0.2) is 0 Å². The van der Waals surface area contributed by atoms with Crippen LogP contribution in [0, 0.1) is 5.92 Å². The molecule has 0 saturated heterocycles. The molecule has 0 aliphatic heterocycles. The monoisotopic (exact) mass is 257 g/mol. The molecule has 98 valence electrons. The molecular formula is C13H23NO2S. The first-order chi connectivity index (χ1) is 8.15. The summed E-state index contributed by atoms with van der Waals surface area (Å²) >= 11 is 1.86. The van der Waals surface area contributed by atoms with Crippen molar-refractivity contribution < 1.29 is 9.90 Å². The molecule has 3 nitrogen and oxygen atoms in total. The standard InChI is InChI=1S/C13H23NO2S/c1-9-3-2-4-11(7-9)17-8-12(13(15)16)14-10-5-6-10/h9-12,14H,2-8H2,1H3,(H,15,16). The van der Waals surface area contributed by atoms with Gasteiger partial charge in [0.15, 0.2) is 0 Å². The second-order valence-electron chi connectivity index (χ2n) is 5.56. The van der Waals surface area contributed by atoms with Gasteiger partial charge in [-0.15, -0.1) is 0 Å². The molecule has 3 atom stereocenters. The van der Waals surface area contributed by atoms with Crippen molar-refractivity contribution in [1.82, 2.24) is 5.32 Å². The fraction of sp³-hybridized carbons (Fsp3) is 0.923. The van der Waals surface area contributed by atoms with E-state index in [-0.39, 0.29) is 6.04 Å². The second-order valence-corrected chi connectivity index (χ2v) is 6.89. The van der Waals surface area contributed by atoms with Gasteiger partial charge in [-0.2, -0.15) is 11.8 Å². The van der Waals surface area contributed by atoms with E-state index in [0.29, 0.717) is 11.3 Å². The molecule has 3 unspecified atom stereocenters. The topological polar surface area (TPSA) is 49.3 Å². The molecule has 0 aromatic carbocycles. The Bertz CT molecular complexity index is 268. The Morgan fingerprint density at radius 1 is 1.41 bits per heavy atom. The van der Waals surface area contributed by atoms with Gasteiger partial charge in [0.25, 0.3) is 0 Å². The van der Waals surface area contributed by atoms with Crippen molar-refractivity contribution in [2.24, 2.45) is 5.92 Å². The quantitative estimate of drug-likeness (QED) is 0.767. The molecule has 17 heavy (non-hydrogen) atoms. The van der Waals surface area contributed by atoms with Crippen LogP contribution >= 0.6 is 11.8 Å². The van der Waals surface area contributed by atoms with Gasteiger partial charge >= 0.3 is 5.97 Å². The second kappa shape index (κ2) is 6.10. The van der Waals surface area contributed by atoms with Crippen molar-refractivity contribution in [3.63, 3.8) is 0 Å². The van der Waals surface area contributed by atoms with E-state index in [4.69, 9.17) is 5.11 Å². The minimum atomic E-state index is -0.687. The minimum absolute atomic E-state index is 0.343. The maximum Gasteiger partial charge on any atom is 0.321 e. The summed E-state index contributed by atoms with van der Waals surface area (Å²) in [6, 6.07) is 0.131. The van der Waals surface area contributed by atoms with Gasteiger partial charge in [0.2, 0.25) is 0 Å². The zero-order valence-corrected chi connectivity index (χ0v) is 11.3. The third-order valence-electron chi connectivity index (χ3n) is 3.70. The molecule has 0 heterocycles. The van der Waals surface area contributed by atoms with Crippen LogP contribution in [0.25, 0.3) is 0 Å². The van der Waals surface area contributed by atoms with Crippen molar-refractivity contribution in [1.29, 1.82) is 0 Å². The number of nitrogens with one attached hydrogen (secondary N) is 1. The summed E-state index contributed by atoms with van der Waals surface area (Å²) in [5, 5.41) is 13.1. The summed E-state index contributed by atoms with van der Waals surface area (Å²) in [4.78, 5) is 11.1. The summed E-state index contributed by atoms with van der Waals surface area (Å²) in [6.07, 6.45) is 7.49. The van der Waals surface area contributed by atoms with E-state index in [9.17, 15) is 4.79 Å². The minimum Gasteiger partial charge on any atom is -0.480 e. The van der Waals surface area contributed by atoms with Crippen molar-refractivity contribution in [3.8, 4) is 0 Å². The summed E-state index contributed by atoms with van der Waals surface area (Å²) in [5.41, 5.74) is 0. The predicted molar refractivity (Wildman–Crippen MR) is 71.5 cm³/mol. The van der Waals surface area contributed by atoms with Crippen molar-refractivity contribution in [3.05, 3.63) is 0 Å². The number of hydrogen-bond donors (Lipinski definition) is 2. The van der Waals surface area contributed by atoms with Crippen molar-refractivity contribution in [2.45, 2.75) is 62.8 Å². The molecule has 4 heteroatoms. The SMILES string of the molecule is CC1CCCC(SCC(NC2CC2)C(=O)O)C1. The van der Waals surface area contributed by atoms with Gasteiger partial charge in [0.1, 0.15) is 6.04 Å². The number of carboxylic acids is 1. The van der Waals surface area contributed by atoms with Crippen LogP contribution in [-0.2, 0) is 4.79 Å². The third kappa shape index (κ3) is 4.51. The first-order valence-electron chi connectivity index (χ1n) is 6.75. The third-order valence-corrected chi connectivity index (χ3v) is 5.12. The normalized spacial score (nSPS) is 31.1. The van der Waals surface area contributed by atoms with Crippen LogP contribution in [0.2, 0.25) is 0 Å². The number of carbonyl (C=O) groups is 1.